The number of nitrogens with zero attached hydrogens (tertiary/aromatic N) is 1. The van der Waals surface area contributed by atoms with E-state index in [0.29, 0.717) is 59.4 Å². The number of hydrogen-bond donors (Lipinski definition) is 1. The summed E-state index contributed by atoms with van der Waals surface area (Å²) in [5.41, 5.74) is 0.319. The molecule has 2 aliphatic heterocycles. The Morgan fingerprint density at radius 2 is 1.59 bits per heavy atom. The molecule has 0 spiro atoms. The van der Waals surface area contributed by atoms with E-state index in [9.17, 15) is 22.8 Å². The van der Waals surface area contributed by atoms with Gasteiger partial charge < -0.3 is 14.2 Å². The van der Waals surface area contributed by atoms with Crippen molar-refractivity contribution in [3.05, 3.63) is 23.3 Å². The molecule has 2 saturated heterocycles. The average Bonchev–Trinajstić information content (AvgIpc) is 3.56. The molecule has 7 atom stereocenters. The number of rotatable bonds is 11. The molecule has 2 bridgehead atoms. The highest BCUT2D eigenvalue weighted by atomic mass is 32.1. The quantitative estimate of drug-likeness (QED) is 0.227. The minimum atomic E-state index is -3.23. The first-order valence-corrected chi connectivity index (χ1v) is 21.5. The van der Waals surface area contributed by atoms with Crippen molar-refractivity contribution in [2.75, 3.05) is 26.1 Å². The fraction of sp³-hybridized carbons (Fsp3) is 0.818. The van der Waals surface area contributed by atoms with E-state index in [0.717, 1.165) is 58.8 Å². The van der Waals surface area contributed by atoms with Crippen LogP contribution in [-0.4, -0.2) is 66.5 Å². The van der Waals surface area contributed by atoms with Gasteiger partial charge in [-0.2, -0.15) is 12.6 Å². The molecule has 4 fully saturated rings. The van der Waals surface area contributed by atoms with Gasteiger partial charge in [-0.1, -0.05) is 54.9 Å². The zero-order valence-corrected chi connectivity index (χ0v) is 35.8. The second-order valence-electron chi connectivity index (χ2n) is 18.2. The van der Waals surface area contributed by atoms with E-state index in [4.69, 9.17) is 14.2 Å². The number of methoxy groups -OCH3 is 1. The number of Topliss-reactive ketones (excluding diaryl/α,β-unsaturated/α-hetero) is 1. The molecule has 1 amide bonds. The second-order valence-corrected chi connectivity index (χ2v) is 18.7. The number of alkyl halides is 3. The number of carbonyl (C=O) groups excluding carboxylic acids is 2. The van der Waals surface area contributed by atoms with E-state index in [1.807, 2.05) is 18.7 Å². The van der Waals surface area contributed by atoms with Crippen molar-refractivity contribution < 1.29 is 37.0 Å². The maximum atomic E-state index is 13.4. The Balaban J connectivity index is 0.000000432. The molecule has 6 nitrogen and oxygen atoms in total. The molecule has 54 heavy (non-hydrogen) atoms. The lowest BCUT2D eigenvalue weighted by Gasteiger charge is -2.57. The highest BCUT2D eigenvalue weighted by Gasteiger charge is 2.61. The number of thiol groups is 1. The summed E-state index contributed by atoms with van der Waals surface area (Å²) >= 11 is 3.77. The summed E-state index contributed by atoms with van der Waals surface area (Å²) in [5, 5.41) is 0. The molecule has 3 aliphatic carbocycles. The van der Waals surface area contributed by atoms with E-state index in [1.165, 1.54) is 36.8 Å². The standard InChI is InChI=1S/C35H51NO5.C7H13F3S.C2H6/c1-7-13-33(2,3)14-12-22-17-23-18-29(41-32(38)36-24-8-9-25(36)21-40-20-24)28(39-6)19-27(23)35(5)16-15-34(4)26(31(22)35)10-11-30(34)37;1-6(2,8)7(9,10)4-3-5-11;1-2/h18-19,22,24-26,31H,7-17,20-21H2,1-6H3;11H,3-5H2,1-2H3;1-2H3/t22-,24?,25?,26?,31?,34?,35?;;/m1../s1. The van der Waals surface area contributed by atoms with E-state index in [1.54, 1.807) is 7.11 Å². The molecule has 5 aliphatic rings. The monoisotopic (exact) mass is 781 g/mol. The first-order chi connectivity index (χ1) is 25.3. The minimum Gasteiger partial charge on any atom is -0.493 e. The van der Waals surface area contributed by atoms with E-state index in [2.05, 4.69) is 59.4 Å². The van der Waals surface area contributed by atoms with E-state index in [-0.39, 0.29) is 35.4 Å². The number of halogens is 3. The molecule has 1 aromatic rings. The Morgan fingerprint density at radius 3 is 2.17 bits per heavy atom. The lowest BCUT2D eigenvalue weighted by molar-refractivity contribution is -0.132. The smallest absolute Gasteiger partial charge is 0.416 e. The van der Waals surface area contributed by atoms with Gasteiger partial charge in [0.05, 0.1) is 32.4 Å². The molecule has 2 saturated carbocycles. The van der Waals surface area contributed by atoms with Gasteiger partial charge in [0, 0.05) is 18.3 Å². The molecule has 0 radical (unpaired) electrons. The summed E-state index contributed by atoms with van der Waals surface area (Å²) in [6, 6.07) is 4.50. The van der Waals surface area contributed by atoms with Crippen LogP contribution in [0.5, 0.6) is 11.5 Å². The van der Waals surface area contributed by atoms with Crippen LogP contribution in [0.1, 0.15) is 150 Å². The van der Waals surface area contributed by atoms with Crippen LogP contribution in [0, 0.1) is 28.6 Å². The van der Waals surface area contributed by atoms with Crippen LogP contribution in [0.15, 0.2) is 12.1 Å². The van der Waals surface area contributed by atoms with Crippen LogP contribution < -0.4 is 9.47 Å². The first kappa shape index (κ1) is 44.8. The third-order valence-corrected chi connectivity index (χ3v) is 14.1. The van der Waals surface area contributed by atoms with Crippen molar-refractivity contribution in [3.8, 4) is 11.5 Å². The summed E-state index contributed by atoms with van der Waals surface area (Å²) < 4.78 is 55.8. The third kappa shape index (κ3) is 9.10. The molecular formula is C44H70F3NO5S. The Kier molecular flexibility index (Phi) is 14.7. The van der Waals surface area contributed by atoms with Gasteiger partial charge in [0.2, 0.25) is 0 Å². The Bertz CT molecular complexity index is 1430. The molecule has 308 valence electrons. The van der Waals surface area contributed by atoms with E-state index >= 15 is 0 Å². The van der Waals surface area contributed by atoms with Gasteiger partial charge in [0.1, 0.15) is 5.78 Å². The number of hydrogen-bond acceptors (Lipinski definition) is 6. The lowest BCUT2D eigenvalue weighted by Crippen LogP contribution is -2.54. The van der Waals surface area contributed by atoms with Crippen molar-refractivity contribution in [1.29, 1.82) is 0 Å². The van der Waals surface area contributed by atoms with Gasteiger partial charge in [-0.15, -0.1) is 0 Å². The lowest BCUT2D eigenvalue weighted by atomic mass is 9.46. The number of fused-ring (bicyclic) bond motifs is 7. The van der Waals surface area contributed by atoms with Gasteiger partial charge in [0.15, 0.2) is 17.2 Å². The van der Waals surface area contributed by atoms with Crippen molar-refractivity contribution >= 4 is 24.5 Å². The fourth-order valence-corrected chi connectivity index (χ4v) is 10.7. The normalized spacial score (nSPS) is 30.2. The van der Waals surface area contributed by atoms with Gasteiger partial charge in [-0.3, -0.25) is 9.69 Å². The summed E-state index contributed by atoms with van der Waals surface area (Å²) in [4.78, 5) is 28.6. The molecular weight excluding hydrogens is 712 g/mol. The van der Waals surface area contributed by atoms with Crippen LogP contribution in [0.3, 0.4) is 0 Å². The van der Waals surface area contributed by atoms with Crippen molar-refractivity contribution in [2.45, 2.75) is 175 Å². The number of morpholine rings is 1. The summed E-state index contributed by atoms with van der Waals surface area (Å²) in [6.07, 6.45) is 11.0. The predicted molar refractivity (Wildman–Crippen MR) is 214 cm³/mol. The molecule has 0 N–H and O–H groups in total. The molecule has 6 unspecified atom stereocenters. The third-order valence-electron chi connectivity index (χ3n) is 13.8. The SMILES string of the molecule is CC.CC(C)(F)C(F)(F)CCCS.CCCC(C)(C)CC[C@@H]1Cc2cc(OC(=O)N3C4CCC3COC4)c(OC)cc2C2(C)CCC3(C)C(=O)CCC3C12. The molecule has 0 aromatic heterocycles. The molecule has 10 heteroatoms. The second kappa shape index (κ2) is 17.7. The van der Waals surface area contributed by atoms with Crippen LogP contribution >= 0.6 is 12.6 Å². The predicted octanol–water partition coefficient (Wildman–Crippen LogP) is 11.6. The molecule has 2 heterocycles. The van der Waals surface area contributed by atoms with Crippen molar-refractivity contribution in [2.24, 2.45) is 28.6 Å². The first-order valence-electron chi connectivity index (χ1n) is 20.8. The number of ether oxygens (including phenoxy) is 3. The summed E-state index contributed by atoms with van der Waals surface area (Å²) in [7, 11) is 1.67. The maximum absolute atomic E-state index is 13.4. The zero-order chi connectivity index (χ0) is 40.3. The van der Waals surface area contributed by atoms with Crippen LogP contribution in [0.2, 0.25) is 0 Å². The number of benzene rings is 1. The molecule has 1 aromatic carbocycles. The number of amides is 1. The Morgan fingerprint density at radius 1 is 0.963 bits per heavy atom. The van der Waals surface area contributed by atoms with E-state index < -0.39 is 18.0 Å². The maximum Gasteiger partial charge on any atom is 0.416 e. The Labute approximate surface area is 329 Å². The van der Waals surface area contributed by atoms with Crippen LogP contribution in [-0.2, 0) is 21.4 Å². The number of ketones is 1. The van der Waals surface area contributed by atoms with Gasteiger partial charge in [0.25, 0.3) is 5.92 Å². The van der Waals surface area contributed by atoms with Gasteiger partial charge in [-0.05, 0) is 136 Å². The average molecular weight is 782 g/mol. The minimum absolute atomic E-state index is 0.0267. The highest BCUT2D eigenvalue weighted by Crippen LogP contribution is 2.64. The van der Waals surface area contributed by atoms with Crippen LogP contribution in [0.25, 0.3) is 0 Å². The highest BCUT2D eigenvalue weighted by molar-refractivity contribution is 7.80. The zero-order valence-electron chi connectivity index (χ0n) is 34.9. The van der Waals surface area contributed by atoms with Crippen LogP contribution in [0.4, 0.5) is 18.0 Å². The topological polar surface area (TPSA) is 65.1 Å². The fourth-order valence-electron chi connectivity index (χ4n) is 10.6. The number of carbonyl (C=O) groups is 2. The molecule has 6 rings (SSSR count). The van der Waals surface area contributed by atoms with Crippen molar-refractivity contribution in [3.63, 3.8) is 0 Å². The summed E-state index contributed by atoms with van der Waals surface area (Å²) in [5.74, 6) is 0.202. The van der Waals surface area contributed by atoms with Gasteiger partial charge in [-0.25, -0.2) is 18.0 Å². The largest absolute Gasteiger partial charge is 0.493 e. The van der Waals surface area contributed by atoms with Gasteiger partial charge >= 0.3 is 6.09 Å². The van der Waals surface area contributed by atoms with Crippen molar-refractivity contribution in [1.82, 2.24) is 4.90 Å². The Hall–Kier alpha value is -1.94. The summed E-state index contributed by atoms with van der Waals surface area (Å²) in [6.45, 7) is 18.8.